The number of aliphatic hydroxyl groups is 1. The molecular formula is C10H20N2O. The number of aliphatic hydroxyl groups excluding tert-OH is 1. The van der Waals surface area contributed by atoms with Crippen molar-refractivity contribution >= 4 is 0 Å². The van der Waals surface area contributed by atoms with E-state index in [-0.39, 0.29) is 6.10 Å². The topological polar surface area (TPSA) is 26.7 Å². The maximum Gasteiger partial charge on any atom is 0.0679 e. The Bertz CT molecular complexity index is 157. The Morgan fingerprint density at radius 1 is 1.00 bits per heavy atom. The van der Waals surface area contributed by atoms with Crippen LogP contribution in [0.3, 0.4) is 0 Å². The summed E-state index contributed by atoms with van der Waals surface area (Å²) in [6.07, 6.45) is 3.67. The predicted molar refractivity (Wildman–Crippen MR) is 52.7 cm³/mol. The lowest BCUT2D eigenvalue weighted by Crippen LogP contribution is -2.32. The molecule has 0 aliphatic carbocycles. The summed E-state index contributed by atoms with van der Waals surface area (Å²) in [6.45, 7) is 6.92. The van der Waals surface area contributed by atoms with Gasteiger partial charge in [0.25, 0.3) is 0 Å². The maximum absolute atomic E-state index is 9.34. The number of hydrogen-bond acceptors (Lipinski definition) is 3. The fourth-order valence-corrected chi connectivity index (χ4v) is 2.30. The fourth-order valence-electron chi connectivity index (χ4n) is 2.30. The normalized spacial score (nSPS) is 31.6. The van der Waals surface area contributed by atoms with Crippen LogP contribution in [0.2, 0.25) is 0 Å². The van der Waals surface area contributed by atoms with E-state index in [4.69, 9.17) is 0 Å². The van der Waals surface area contributed by atoms with Crippen LogP contribution in [0.1, 0.15) is 19.3 Å². The molecule has 1 unspecified atom stereocenters. The highest BCUT2D eigenvalue weighted by atomic mass is 16.3. The summed E-state index contributed by atoms with van der Waals surface area (Å²) < 4.78 is 0. The monoisotopic (exact) mass is 184 g/mol. The standard InChI is InChI=1S/C10H20N2O/c13-10-3-6-12(9-10)8-7-11-4-1-2-5-11/h10,13H,1-9H2. The van der Waals surface area contributed by atoms with Gasteiger partial charge in [-0.05, 0) is 32.4 Å². The summed E-state index contributed by atoms with van der Waals surface area (Å²) in [5, 5.41) is 9.34. The van der Waals surface area contributed by atoms with Crippen molar-refractivity contribution in [3.05, 3.63) is 0 Å². The average Bonchev–Trinajstić information content (AvgIpc) is 2.71. The Hall–Kier alpha value is -0.120. The molecule has 0 spiro atoms. The number of nitrogens with zero attached hydrogens (tertiary/aromatic N) is 2. The highest BCUT2D eigenvalue weighted by Crippen LogP contribution is 2.10. The molecule has 2 aliphatic rings. The Kier molecular flexibility index (Phi) is 3.19. The molecular weight excluding hydrogens is 164 g/mol. The molecule has 0 bridgehead atoms. The molecule has 3 nitrogen and oxygen atoms in total. The smallest absolute Gasteiger partial charge is 0.0679 e. The molecule has 2 fully saturated rings. The van der Waals surface area contributed by atoms with Gasteiger partial charge in [-0.25, -0.2) is 0 Å². The number of likely N-dealkylation sites (tertiary alicyclic amines) is 2. The third-order valence-corrected chi connectivity index (χ3v) is 3.18. The van der Waals surface area contributed by atoms with Gasteiger partial charge in [0.2, 0.25) is 0 Å². The summed E-state index contributed by atoms with van der Waals surface area (Å²) in [5.41, 5.74) is 0. The minimum atomic E-state index is -0.0569. The fraction of sp³-hybridized carbons (Fsp3) is 1.00. The zero-order valence-electron chi connectivity index (χ0n) is 8.28. The van der Waals surface area contributed by atoms with Crippen LogP contribution >= 0.6 is 0 Å². The summed E-state index contributed by atoms with van der Waals surface area (Å²) in [4.78, 5) is 4.91. The zero-order chi connectivity index (χ0) is 9.10. The van der Waals surface area contributed by atoms with E-state index in [0.717, 1.165) is 26.1 Å². The first-order chi connectivity index (χ1) is 6.34. The van der Waals surface area contributed by atoms with Crippen LogP contribution in [0.4, 0.5) is 0 Å². The van der Waals surface area contributed by atoms with Crippen molar-refractivity contribution in [2.75, 3.05) is 39.3 Å². The van der Waals surface area contributed by atoms with Crippen LogP contribution in [0.25, 0.3) is 0 Å². The number of hydrogen-bond donors (Lipinski definition) is 1. The van der Waals surface area contributed by atoms with Gasteiger partial charge in [-0.15, -0.1) is 0 Å². The van der Waals surface area contributed by atoms with Gasteiger partial charge in [-0.2, -0.15) is 0 Å². The molecule has 0 aromatic rings. The molecule has 2 aliphatic heterocycles. The third-order valence-electron chi connectivity index (χ3n) is 3.18. The van der Waals surface area contributed by atoms with Crippen LogP contribution < -0.4 is 0 Å². The lowest BCUT2D eigenvalue weighted by Gasteiger charge is -2.20. The van der Waals surface area contributed by atoms with E-state index in [2.05, 4.69) is 9.80 Å². The van der Waals surface area contributed by atoms with E-state index in [9.17, 15) is 5.11 Å². The SMILES string of the molecule is OC1CCN(CCN2CCCC2)C1. The van der Waals surface area contributed by atoms with Gasteiger partial charge in [0.15, 0.2) is 0 Å². The molecule has 0 radical (unpaired) electrons. The van der Waals surface area contributed by atoms with Gasteiger partial charge in [0.05, 0.1) is 6.10 Å². The third kappa shape index (κ3) is 2.66. The highest BCUT2D eigenvalue weighted by Gasteiger charge is 2.20. The molecule has 13 heavy (non-hydrogen) atoms. The zero-order valence-corrected chi connectivity index (χ0v) is 8.28. The quantitative estimate of drug-likeness (QED) is 0.676. The Morgan fingerprint density at radius 2 is 1.69 bits per heavy atom. The molecule has 76 valence electrons. The first kappa shape index (κ1) is 9.44. The van der Waals surface area contributed by atoms with Crippen molar-refractivity contribution in [1.82, 2.24) is 9.80 Å². The van der Waals surface area contributed by atoms with Gasteiger partial charge < -0.3 is 10.0 Å². The van der Waals surface area contributed by atoms with Crippen LogP contribution in [-0.4, -0.2) is 60.3 Å². The summed E-state index contributed by atoms with van der Waals surface area (Å²) in [7, 11) is 0. The van der Waals surface area contributed by atoms with Crippen molar-refractivity contribution in [1.29, 1.82) is 0 Å². The maximum atomic E-state index is 9.34. The van der Waals surface area contributed by atoms with Gasteiger partial charge in [0, 0.05) is 26.2 Å². The number of β-amino-alcohol motifs (C(OH)–C–C–N with tert-alkyl or cyclic N) is 1. The minimum absolute atomic E-state index is 0.0569. The summed E-state index contributed by atoms with van der Waals surface area (Å²) in [5.74, 6) is 0. The first-order valence-electron chi connectivity index (χ1n) is 5.47. The molecule has 2 saturated heterocycles. The van der Waals surface area contributed by atoms with Crippen LogP contribution in [0.15, 0.2) is 0 Å². The largest absolute Gasteiger partial charge is 0.392 e. The molecule has 0 aromatic carbocycles. The number of rotatable bonds is 3. The second-order valence-electron chi connectivity index (χ2n) is 4.29. The van der Waals surface area contributed by atoms with E-state index in [1.54, 1.807) is 0 Å². The Balaban J connectivity index is 1.62. The van der Waals surface area contributed by atoms with E-state index in [0.29, 0.717) is 0 Å². The van der Waals surface area contributed by atoms with Crippen molar-refractivity contribution in [3.8, 4) is 0 Å². The van der Waals surface area contributed by atoms with Crippen LogP contribution in [-0.2, 0) is 0 Å². The lowest BCUT2D eigenvalue weighted by atomic mass is 10.3. The van der Waals surface area contributed by atoms with Gasteiger partial charge in [-0.3, -0.25) is 4.90 Å². The van der Waals surface area contributed by atoms with Crippen LogP contribution in [0.5, 0.6) is 0 Å². The second kappa shape index (κ2) is 4.40. The van der Waals surface area contributed by atoms with Crippen molar-refractivity contribution in [2.45, 2.75) is 25.4 Å². The predicted octanol–water partition coefficient (Wildman–Crippen LogP) is 0.149. The van der Waals surface area contributed by atoms with E-state index in [1.807, 2.05) is 0 Å². The lowest BCUT2D eigenvalue weighted by molar-refractivity contribution is 0.171. The van der Waals surface area contributed by atoms with Crippen LogP contribution in [0, 0.1) is 0 Å². The van der Waals surface area contributed by atoms with E-state index >= 15 is 0 Å². The minimum Gasteiger partial charge on any atom is -0.392 e. The average molecular weight is 184 g/mol. The summed E-state index contributed by atoms with van der Waals surface area (Å²) in [6, 6.07) is 0. The molecule has 3 heteroatoms. The molecule has 0 amide bonds. The summed E-state index contributed by atoms with van der Waals surface area (Å²) >= 11 is 0. The highest BCUT2D eigenvalue weighted by molar-refractivity contribution is 4.76. The first-order valence-corrected chi connectivity index (χ1v) is 5.47. The van der Waals surface area contributed by atoms with E-state index in [1.165, 1.54) is 32.5 Å². The molecule has 1 N–H and O–H groups in total. The Morgan fingerprint density at radius 3 is 2.31 bits per heavy atom. The molecule has 1 atom stereocenters. The molecule has 2 heterocycles. The second-order valence-corrected chi connectivity index (χ2v) is 4.29. The molecule has 0 aromatic heterocycles. The van der Waals surface area contributed by atoms with Gasteiger partial charge in [0.1, 0.15) is 0 Å². The van der Waals surface area contributed by atoms with Crippen molar-refractivity contribution < 1.29 is 5.11 Å². The van der Waals surface area contributed by atoms with Crippen molar-refractivity contribution in [2.24, 2.45) is 0 Å². The van der Waals surface area contributed by atoms with Gasteiger partial charge >= 0.3 is 0 Å². The van der Waals surface area contributed by atoms with Gasteiger partial charge in [-0.1, -0.05) is 0 Å². The van der Waals surface area contributed by atoms with Crippen molar-refractivity contribution in [3.63, 3.8) is 0 Å². The molecule has 0 saturated carbocycles. The van der Waals surface area contributed by atoms with E-state index < -0.39 is 0 Å². The Labute approximate surface area is 80.3 Å². The molecule has 2 rings (SSSR count).